The number of carboxylic acids is 1. The van der Waals surface area contributed by atoms with E-state index in [1.165, 1.54) is 6.07 Å². The first-order valence-corrected chi connectivity index (χ1v) is 6.80. The van der Waals surface area contributed by atoms with E-state index in [-0.39, 0.29) is 29.5 Å². The molecule has 0 saturated carbocycles. The van der Waals surface area contributed by atoms with Crippen LogP contribution in [0, 0.1) is 12.8 Å². The zero-order valence-electron chi connectivity index (χ0n) is 12.7. The lowest BCUT2D eigenvalue weighted by Gasteiger charge is -2.17. The number of benzene rings is 1. The number of aromatic carboxylic acids is 1. The van der Waals surface area contributed by atoms with E-state index in [2.05, 4.69) is 5.32 Å². The molecule has 0 aliphatic carbocycles. The van der Waals surface area contributed by atoms with Gasteiger partial charge in [0.1, 0.15) is 11.3 Å². The summed E-state index contributed by atoms with van der Waals surface area (Å²) >= 11 is 0. The minimum absolute atomic E-state index is 0.0660. The lowest BCUT2D eigenvalue weighted by Crippen LogP contribution is -2.17. The standard InChI is InChI=1S/C15H21NO5/c1-5-20-15(19)16-11-7-6-10(4)13(12(11)14(17)18)21-8-9(2)3/h6-7,9H,5,8H2,1-4H3,(H,16,19)(H,17,18). The second-order valence-electron chi connectivity index (χ2n) is 4.99. The smallest absolute Gasteiger partial charge is 0.411 e. The predicted octanol–water partition coefficient (Wildman–Crippen LogP) is 3.30. The Balaban J connectivity index is 3.16. The summed E-state index contributed by atoms with van der Waals surface area (Å²) < 4.78 is 10.4. The van der Waals surface area contributed by atoms with E-state index in [0.717, 1.165) is 0 Å². The van der Waals surface area contributed by atoms with Crippen LogP contribution in [0.15, 0.2) is 12.1 Å². The maximum Gasteiger partial charge on any atom is 0.411 e. The first kappa shape index (κ1) is 16.8. The molecule has 0 aromatic heterocycles. The Kier molecular flexibility index (Phi) is 6.02. The van der Waals surface area contributed by atoms with Gasteiger partial charge in [0.15, 0.2) is 0 Å². The lowest BCUT2D eigenvalue weighted by atomic mass is 10.1. The number of amides is 1. The summed E-state index contributed by atoms with van der Waals surface area (Å²) in [6.07, 6.45) is -0.696. The molecule has 21 heavy (non-hydrogen) atoms. The summed E-state index contributed by atoms with van der Waals surface area (Å²) in [6, 6.07) is 3.22. The highest BCUT2D eigenvalue weighted by Gasteiger charge is 2.21. The third-order valence-corrected chi connectivity index (χ3v) is 2.64. The van der Waals surface area contributed by atoms with Crippen molar-refractivity contribution in [2.45, 2.75) is 27.7 Å². The van der Waals surface area contributed by atoms with E-state index < -0.39 is 12.1 Å². The van der Waals surface area contributed by atoms with Gasteiger partial charge in [-0.25, -0.2) is 9.59 Å². The van der Waals surface area contributed by atoms with E-state index in [9.17, 15) is 14.7 Å². The Labute approximate surface area is 124 Å². The Hall–Kier alpha value is -2.24. The Bertz CT molecular complexity index is 525. The summed E-state index contributed by atoms with van der Waals surface area (Å²) in [6.45, 7) is 7.97. The van der Waals surface area contributed by atoms with Gasteiger partial charge in [-0.2, -0.15) is 0 Å². The maximum absolute atomic E-state index is 11.5. The summed E-state index contributed by atoms with van der Waals surface area (Å²) in [5, 5.41) is 11.8. The number of carbonyl (C=O) groups is 2. The highest BCUT2D eigenvalue weighted by molar-refractivity contribution is 6.01. The largest absolute Gasteiger partial charge is 0.492 e. The van der Waals surface area contributed by atoms with Crippen molar-refractivity contribution in [1.29, 1.82) is 0 Å². The van der Waals surface area contributed by atoms with Crippen molar-refractivity contribution in [1.82, 2.24) is 0 Å². The highest BCUT2D eigenvalue weighted by atomic mass is 16.5. The molecular weight excluding hydrogens is 274 g/mol. The van der Waals surface area contributed by atoms with E-state index in [4.69, 9.17) is 9.47 Å². The van der Waals surface area contributed by atoms with E-state index in [0.29, 0.717) is 12.2 Å². The van der Waals surface area contributed by atoms with Gasteiger partial charge >= 0.3 is 12.1 Å². The lowest BCUT2D eigenvalue weighted by molar-refractivity contribution is 0.0692. The van der Waals surface area contributed by atoms with Gasteiger partial charge in [-0.1, -0.05) is 19.9 Å². The maximum atomic E-state index is 11.5. The summed E-state index contributed by atoms with van der Waals surface area (Å²) in [5.74, 6) is -0.637. The minimum atomic E-state index is -1.16. The summed E-state index contributed by atoms with van der Waals surface area (Å²) in [7, 11) is 0. The van der Waals surface area contributed by atoms with Crippen LogP contribution in [0.25, 0.3) is 0 Å². The molecule has 116 valence electrons. The zero-order chi connectivity index (χ0) is 16.0. The molecule has 1 aromatic carbocycles. The van der Waals surface area contributed by atoms with Crippen LogP contribution in [0.4, 0.5) is 10.5 Å². The average Bonchev–Trinajstić information content (AvgIpc) is 2.38. The van der Waals surface area contributed by atoms with Gasteiger partial charge in [0.05, 0.1) is 18.9 Å². The zero-order valence-corrected chi connectivity index (χ0v) is 12.7. The highest BCUT2D eigenvalue weighted by Crippen LogP contribution is 2.31. The van der Waals surface area contributed by atoms with Crippen molar-refractivity contribution in [2.75, 3.05) is 18.5 Å². The second-order valence-corrected chi connectivity index (χ2v) is 4.99. The molecule has 1 rings (SSSR count). The molecule has 2 N–H and O–H groups in total. The van der Waals surface area contributed by atoms with Crippen LogP contribution in [0.5, 0.6) is 5.75 Å². The van der Waals surface area contributed by atoms with Crippen LogP contribution in [0.3, 0.4) is 0 Å². The van der Waals surface area contributed by atoms with Crippen LogP contribution in [0.2, 0.25) is 0 Å². The van der Waals surface area contributed by atoms with Gasteiger partial charge in [-0.15, -0.1) is 0 Å². The topological polar surface area (TPSA) is 84.9 Å². The van der Waals surface area contributed by atoms with Gasteiger partial charge < -0.3 is 14.6 Å². The van der Waals surface area contributed by atoms with Crippen molar-refractivity contribution in [2.24, 2.45) is 5.92 Å². The van der Waals surface area contributed by atoms with Crippen LogP contribution >= 0.6 is 0 Å². The van der Waals surface area contributed by atoms with Crippen LogP contribution in [-0.2, 0) is 4.74 Å². The van der Waals surface area contributed by atoms with Crippen molar-refractivity contribution >= 4 is 17.7 Å². The monoisotopic (exact) mass is 295 g/mol. The number of anilines is 1. The molecular formula is C15H21NO5. The SMILES string of the molecule is CCOC(=O)Nc1ccc(C)c(OCC(C)C)c1C(=O)O. The first-order chi connectivity index (χ1) is 9.86. The fourth-order valence-corrected chi connectivity index (χ4v) is 1.72. The number of nitrogens with one attached hydrogen (secondary N) is 1. The average molecular weight is 295 g/mol. The molecule has 6 heteroatoms. The molecule has 0 aliphatic rings. The van der Waals surface area contributed by atoms with Gasteiger partial charge in [-0.3, -0.25) is 5.32 Å². The normalized spacial score (nSPS) is 10.3. The Morgan fingerprint density at radius 3 is 2.52 bits per heavy atom. The van der Waals surface area contributed by atoms with Gasteiger partial charge in [0, 0.05) is 0 Å². The van der Waals surface area contributed by atoms with Gasteiger partial charge in [0.2, 0.25) is 0 Å². The molecule has 1 amide bonds. The Morgan fingerprint density at radius 2 is 2.00 bits per heavy atom. The first-order valence-electron chi connectivity index (χ1n) is 6.80. The van der Waals surface area contributed by atoms with E-state index in [1.54, 1.807) is 19.9 Å². The second kappa shape index (κ2) is 7.52. The van der Waals surface area contributed by atoms with Crippen molar-refractivity contribution < 1.29 is 24.2 Å². The molecule has 0 spiro atoms. The van der Waals surface area contributed by atoms with E-state index in [1.807, 2.05) is 13.8 Å². The molecule has 0 unspecified atom stereocenters. The molecule has 0 radical (unpaired) electrons. The van der Waals surface area contributed by atoms with Gasteiger partial charge in [-0.05, 0) is 31.4 Å². The number of ether oxygens (including phenoxy) is 2. The van der Waals surface area contributed by atoms with E-state index >= 15 is 0 Å². The number of aryl methyl sites for hydroxylation is 1. The molecule has 0 bridgehead atoms. The quantitative estimate of drug-likeness (QED) is 0.841. The third-order valence-electron chi connectivity index (χ3n) is 2.64. The Morgan fingerprint density at radius 1 is 1.33 bits per heavy atom. The van der Waals surface area contributed by atoms with Crippen LogP contribution in [-0.4, -0.2) is 30.4 Å². The number of carboxylic acid groups (broad SMARTS) is 1. The van der Waals surface area contributed by atoms with Gasteiger partial charge in [0.25, 0.3) is 0 Å². The molecule has 0 atom stereocenters. The molecule has 0 heterocycles. The number of hydrogen-bond acceptors (Lipinski definition) is 4. The van der Waals surface area contributed by atoms with Crippen molar-refractivity contribution in [3.05, 3.63) is 23.3 Å². The molecule has 0 aliphatic heterocycles. The fourth-order valence-electron chi connectivity index (χ4n) is 1.72. The molecule has 0 fully saturated rings. The minimum Gasteiger partial charge on any atom is -0.492 e. The van der Waals surface area contributed by atoms with Crippen LogP contribution in [0.1, 0.15) is 36.7 Å². The third kappa shape index (κ3) is 4.66. The summed E-state index contributed by atoms with van der Waals surface area (Å²) in [4.78, 5) is 23.0. The van der Waals surface area contributed by atoms with Crippen molar-refractivity contribution in [3.63, 3.8) is 0 Å². The number of hydrogen-bond donors (Lipinski definition) is 2. The fraction of sp³-hybridized carbons (Fsp3) is 0.467. The number of carbonyl (C=O) groups excluding carboxylic acids is 1. The summed E-state index contributed by atoms with van der Waals surface area (Å²) in [5.41, 5.74) is 0.788. The molecule has 0 saturated heterocycles. The van der Waals surface area contributed by atoms with Crippen molar-refractivity contribution in [3.8, 4) is 5.75 Å². The molecule has 6 nitrogen and oxygen atoms in total. The molecule has 1 aromatic rings. The van der Waals surface area contributed by atoms with Crippen LogP contribution < -0.4 is 10.1 Å². The number of rotatable bonds is 6. The predicted molar refractivity (Wildman–Crippen MR) is 79.1 cm³/mol.